The van der Waals surface area contributed by atoms with Gasteiger partial charge >= 0.3 is 12.1 Å². The maximum atomic E-state index is 12.9. The zero-order valence-corrected chi connectivity index (χ0v) is 14.2. The van der Waals surface area contributed by atoms with Crippen LogP contribution in [0, 0.1) is 5.82 Å². The molecule has 0 aromatic heterocycles. The SMILES string of the molecule is CO[C@H]1CC[C@H]2[C@H]1OCCN2Cc1ccc(F)cc1.O=C(O)C(F)(F)F. The molecule has 146 valence electrons. The molecule has 0 bridgehead atoms. The number of alkyl halides is 3. The molecule has 9 heteroatoms. The predicted octanol–water partition coefficient (Wildman–Crippen LogP) is 2.84. The summed E-state index contributed by atoms with van der Waals surface area (Å²) in [5.41, 5.74) is 1.16. The first-order valence-electron chi connectivity index (χ1n) is 8.15. The summed E-state index contributed by atoms with van der Waals surface area (Å²) in [6.07, 6.45) is -2.49. The molecule has 1 aromatic rings. The first-order chi connectivity index (χ1) is 12.2. The minimum atomic E-state index is -5.08. The number of hydrogen-bond acceptors (Lipinski definition) is 4. The van der Waals surface area contributed by atoms with Crippen molar-refractivity contribution in [3.63, 3.8) is 0 Å². The number of rotatable bonds is 3. The minimum Gasteiger partial charge on any atom is -0.475 e. The van der Waals surface area contributed by atoms with Crippen LogP contribution < -0.4 is 0 Å². The Kier molecular flexibility index (Phi) is 6.96. The molecular weight excluding hydrogens is 358 g/mol. The average molecular weight is 379 g/mol. The highest BCUT2D eigenvalue weighted by molar-refractivity contribution is 5.73. The molecule has 1 aliphatic heterocycles. The number of halogens is 4. The van der Waals surface area contributed by atoms with Crippen LogP contribution in [0.4, 0.5) is 17.6 Å². The van der Waals surface area contributed by atoms with Crippen LogP contribution in [0.1, 0.15) is 18.4 Å². The Hall–Kier alpha value is -1.71. The number of carboxylic acids is 1. The summed E-state index contributed by atoms with van der Waals surface area (Å²) in [7, 11) is 1.76. The third kappa shape index (κ3) is 5.39. The highest BCUT2D eigenvalue weighted by Crippen LogP contribution is 2.32. The molecule has 0 amide bonds. The van der Waals surface area contributed by atoms with Crippen LogP contribution in [-0.4, -0.2) is 60.7 Å². The molecule has 3 rings (SSSR count). The lowest BCUT2D eigenvalue weighted by Gasteiger charge is -2.38. The first-order valence-corrected chi connectivity index (χ1v) is 8.15. The van der Waals surface area contributed by atoms with E-state index in [1.54, 1.807) is 7.11 Å². The van der Waals surface area contributed by atoms with Gasteiger partial charge in [-0.15, -0.1) is 0 Å². The quantitative estimate of drug-likeness (QED) is 0.819. The Balaban J connectivity index is 0.000000298. The zero-order valence-electron chi connectivity index (χ0n) is 14.2. The van der Waals surface area contributed by atoms with E-state index in [-0.39, 0.29) is 18.0 Å². The highest BCUT2D eigenvalue weighted by Gasteiger charge is 2.42. The molecule has 0 radical (unpaired) electrons. The molecule has 0 spiro atoms. The normalized spacial score (nSPS) is 26.0. The van der Waals surface area contributed by atoms with Crippen molar-refractivity contribution in [2.24, 2.45) is 0 Å². The number of carboxylic acid groups (broad SMARTS) is 1. The van der Waals surface area contributed by atoms with Crippen molar-refractivity contribution in [3.8, 4) is 0 Å². The van der Waals surface area contributed by atoms with Gasteiger partial charge in [-0.25, -0.2) is 9.18 Å². The van der Waals surface area contributed by atoms with Crippen molar-refractivity contribution in [2.45, 2.75) is 43.8 Å². The summed E-state index contributed by atoms with van der Waals surface area (Å²) in [5, 5.41) is 7.12. The maximum Gasteiger partial charge on any atom is 0.490 e. The average Bonchev–Trinajstić information content (AvgIpc) is 3.01. The van der Waals surface area contributed by atoms with Crippen molar-refractivity contribution in [2.75, 3.05) is 20.3 Å². The molecule has 1 aliphatic carbocycles. The number of aliphatic carboxylic acids is 1. The van der Waals surface area contributed by atoms with Crippen molar-refractivity contribution >= 4 is 5.97 Å². The summed E-state index contributed by atoms with van der Waals surface area (Å²) >= 11 is 0. The third-order valence-electron chi connectivity index (χ3n) is 4.49. The lowest BCUT2D eigenvalue weighted by molar-refractivity contribution is -0.192. The van der Waals surface area contributed by atoms with Gasteiger partial charge in [0.1, 0.15) is 5.82 Å². The number of methoxy groups -OCH3 is 1. The van der Waals surface area contributed by atoms with E-state index in [2.05, 4.69) is 4.90 Å². The van der Waals surface area contributed by atoms with Crippen LogP contribution in [-0.2, 0) is 20.8 Å². The van der Waals surface area contributed by atoms with Crippen LogP contribution in [0.3, 0.4) is 0 Å². The molecule has 1 heterocycles. The van der Waals surface area contributed by atoms with Gasteiger partial charge in [0.15, 0.2) is 0 Å². The fourth-order valence-corrected chi connectivity index (χ4v) is 3.26. The van der Waals surface area contributed by atoms with E-state index >= 15 is 0 Å². The molecule has 5 nitrogen and oxygen atoms in total. The number of hydrogen-bond donors (Lipinski definition) is 1. The van der Waals surface area contributed by atoms with Crippen molar-refractivity contribution in [1.82, 2.24) is 4.90 Å². The van der Waals surface area contributed by atoms with E-state index in [0.29, 0.717) is 6.04 Å². The van der Waals surface area contributed by atoms with Crippen LogP contribution >= 0.6 is 0 Å². The highest BCUT2D eigenvalue weighted by atomic mass is 19.4. The molecule has 2 fully saturated rings. The van der Waals surface area contributed by atoms with Crippen LogP contribution in [0.2, 0.25) is 0 Å². The molecular formula is C17H21F4NO4. The van der Waals surface area contributed by atoms with E-state index in [9.17, 15) is 17.6 Å². The Morgan fingerprint density at radius 3 is 2.46 bits per heavy atom. The van der Waals surface area contributed by atoms with Gasteiger partial charge in [-0.05, 0) is 30.5 Å². The summed E-state index contributed by atoms with van der Waals surface area (Å²) in [5.74, 6) is -2.93. The number of benzene rings is 1. The summed E-state index contributed by atoms with van der Waals surface area (Å²) < 4.78 is 56.0. The largest absolute Gasteiger partial charge is 0.490 e. The molecule has 1 aromatic carbocycles. The van der Waals surface area contributed by atoms with Gasteiger partial charge in [0, 0.05) is 26.2 Å². The smallest absolute Gasteiger partial charge is 0.475 e. The van der Waals surface area contributed by atoms with Crippen LogP contribution in [0.15, 0.2) is 24.3 Å². The molecule has 1 saturated heterocycles. The monoisotopic (exact) mass is 379 g/mol. The molecule has 1 N–H and O–H groups in total. The van der Waals surface area contributed by atoms with Gasteiger partial charge in [-0.3, -0.25) is 4.90 Å². The Morgan fingerprint density at radius 2 is 1.92 bits per heavy atom. The van der Waals surface area contributed by atoms with Gasteiger partial charge in [-0.2, -0.15) is 13.2 Å². The van der Waals surface area contributed by atoms with Crippen molar-refractivity contribution in [1.29, 1.82) is 0 Å². The first kappa shape index (κ1) is 20.6. The summed E-state index contributed by atoms with van der Waals surface area (Å²) in [6, 6.07) is 7.22. The fourth-order valence-electron chi connectivity index (χ4n) is 3.26. The lowest BCUT2D eigenvalue weighted by Crippen LogP contribution is -2.51. The molecule has 26 heavy (non-hydrogen) atoms. The van der Waals surface area contributed by atoms with E-state index in [1.807, 2.05) is 12.1 Å². The van der Waals surface area contributed by atoms with E-state index in [0.717, 1.165) is 38.1 Å². The molecule has 0 unspecified atom stereocenters. The zero-order chi connectivity index (χ0) is 19.3. The maximum absolute atomic E-state index is 12.9. The van der Waals surface area contributed by atoms with Gasteiger partial charge in [0.25, 0.3) is 0 Å². The Morgan fingerprint density at radius 1 is 1.31 bits per heavy atom. The van der Waals surface area contributed by atoms with Crippen molar-refractivity contribution < 1.29 is 36.9 Å². The van der Waals surface area contributed by atoms with Crippen molar-refractivity contribution in [3.05, 3.63) is 35.6 Å². The number of nitrogens with zero attached hydrogens (tertiary/aromatic N) is 1. The molecule has 2 aliphatic rings. The number of ether oxygens (including phenoxy) is 2. The topological polar surface area (TPSA) is 59.0 Å². The number of fused-ring (bicyclic) bond motifs is 1. The second-order valence-electron chi connectivity index (χ2n) is 6.15. The second-order valence-corrected chi connectivity index (χ2v) is 6.15. The summed E-state index contributed by atoms with van der Waals surface area (Å²) in [4.78, 5) is 11.3. The summed E-state index contributed by atoms with van der Waals surface area (Å²) in [6.45, 7) is 2.55. The van der Waals surface area contributed by atoms with Gasteiger partial charge in [0.05, 0.1) is 18.8 Å². The fraction of sp³-hybridized carbons (Fsp3) is 0.588. The molecule has 1 saturated carbocycles. The van der Waals surface area contributed by atoms with E-state index < -0.39 is 12.1 Å². The van der Waals surface area contributed by atoms with Gasteiger partial charge < -0.3 is 14.6 Å². The van der Waals surface area contributed by atoms with Gasteiger partial charge in [0.2, 0.25) is 0 Å². The second kappa shape index (κ2) is 8.79. The lowest BCUT2D eigenvalue weighted by atomic mass is 10.1. The van der Waals surface area contributed by atoms with Gasteiger partial charge in [-0.1, -0.05) is 12.1 Å². The predicted molar refractivity (Wildman–Crippen MR) is 84.1 cm³/mol. The van der Waals surface area contributed by atoms with E-state index in [1.165, 1.54) is 12.1 Å². The number of morpholine rings is 1. The van der Waals surface area contributed by atoms with Crippen LogP contribution in [0.5, 0.6) is 0 Å². The van der Waals surface area contributed by atoms with Crippen LogP contribution in [0.25, 0.3) is 0 Å². The Bertz CT molecular complexity index is 593. The van der Waals surface area contributed by atoms with E-state index in [4.69, 9.17) is 19.4 Å². The number of carbonyl (C=O) groups is 1. The molecule has 3 atom stereocenters. The standard InChI is InChI=1S/C15H20FNO2.C2HF3O2/c1-18-14-7-6-13-15(14)19-9-8-17(13)10-11-2-4-12(16)5-3-11;3-2(4,5)1(6)7/h2-5,13-15H,6-10H2,1H3;(H,6,7)/t13-,14-,15+;/m0./s1. The minimum absolute atomic E-state index is 0.177. The third-order valence-corrected chi connectivity index (χ3v) is 4.49. The Labute approximate surface area is 148 Å².